The molecule has 6 rings (SSSR count). The molecule has 0 radical (unpaired) electrons. The summed E-state index contributed by atoms with van der Waals surface area (Å²) in [6, 6.07) is 9.03. The summed E-state index contributed by atoms with van der Waals surface area (Å²) < 4.78 is 37.5. The maximum atomic E-state index is 15.0. The highest BCUT2D eigenvalue weighted by atomic mass is 35.5. The first-order chi connectivity index (χ1) is 16.1. The molecule has 5 heterocycles. The molecular weight excluding hydrogens is 451 g/mol. The number of aliphatic hydroxyl groups is 1. The average Bonchev–Trinajstić information content (AvgIpc) is 3.50. The van der Waals surface area contributed by atoms with Crippen LogP contribution < -0.4 is 4.74 Å². The Kier molecular flexibility index (Phi) is 5.35. The third-order valence-corrected chi connectivity index (χ3v) is 6.73. The lowest BCUT2D eigenvalue weighted by Crippen LogP contribution is -2.34. The highest BCUT2D eigenvalue weighted by Crippen LogP contribution is 2.37. The Morgan fingerprint density at radius 3 is 2.70 bits per heavy atom. The average molecular weight is 473 g/mol. The highest BCUT2D eigenvalue weighted by Gasteiger charge is 2.48. The molecule has 0 bridgehead atoms. The molecule has 7 nitrogen and oxygen atoms in total. The van der Waals surface area contributed by atoms with Crippen LogP contribution in [-0.4, -0.2) is 65.9 Å². The van der Waals surface area contributed by atoms with Crippen molar-refractivity contribution >= 4 is 28.2 Å². The molecule has 4 atom stereocenters. The maximum Gasteiger partial charge on any atom is 0.213 e. The minimum Gasteiger partial charge on any atom is -0.469 e. The number of nitrogens with one attached hydrogen (secondary N) is 1. The smallest absolute Gasteiger partial charge is 0.213 e. The second kappa shape index (κ2) is 8.38. The first-order valence-electron chi connectivity index (χ1n) is 10.9. The fourth-order valence-electron chi connectivity index (χ4n) is 4.65. The van der Waals surface area contributed by atoms with Gasteiger partial charge in [0.2, 0.25) is 5.88 Å². The minimum absolute atomic E-state index is 0.204. The van der Waals surface area contributed by atoms with Gasteiger partial charge in [0.15, 0.2) is 11.9 Å². The first-order valence-corrected chi connectivity index (χ1v) is 11.3. The summed E-state index contributed by atoms with van der Waals surface area (Å²) in [6.45, 7) is 1.79. The van der Waals surface area contributed by atoms with Crippen LogP contribution in [0.1, 0.15) is 12.0 Å². The van der Waals surface area contributed by atoms with Gasteiger partial charge in [0.25, 0.3) is 0 Å². The van der Waals surface area contributed by atoms with Crippen molar-refractivity contribution in [3.05, 3.63) is 52.8 Å². The third kappa shape index (κ3) is 3.72. The van der Waals surface area contributed by atoms with Crippen LogP contribution in [0.3, 0.4) is 0 Å². The van der Waals surface area contributed by atoms with Crippen LogP contribution in [0.4, 0.5) is 4.39 Å². The summed E-state index contributed by atoms with van der Waals surface area (Å²) in [6.07, 6.45) is 1.02. The van der Waals surface area contributed by atoms with Gasteiger partial charge in [-0.05, 0) is 17.6 Å². The Hall–Kier alpha value is -2.49. The number of ether oxygens (including phenoxy) is 4. The van der Waals surface area contributed by atoms with Gasteiger partial charge in [-0.15, -0.1) is 0 Å². The van der Waals surface area contributed by atoms with Gasteiger partial charge in [-0.2, -0.15) is 0 Å². The lowest BCUT2D eigenvalue weighted by molar-refractivity contribution is 0.00796. The molecule has 0 spiro atoms. The molecule has 0 saturated carbocycles. The van der Waals surface area contributed by atoms with E-state index in [0.717, 1.165) is 12.0 Å². The van der Waals surface area contributed by atoms with Crippen molar-refractivity contribution in [2.24, 2.45) is 0 Å². The molecule has 0 aliphatic carbocycles. The van der Waals surface area contributed by atoms with Gasteiger partial charge < -0.3 is 29.0 Å². The Morgan fingerprint density at radius 2 is 1.91 bits per heavy atom. The van der Waals surface area contributed by atoms with Crippen molar-refractivity contribution in [2.75, 3.05) is 26.4 Å². The molecule has 2 fully saturated rings. The molecule has 0 unspecified atom stereocenters. The van der Waals surface area contributed by atoms with Crippen LogP contribution in [0.2, 0.25) is 5.02 Å². The molecule has 2 N–H and O–H groups in total. The molecule has 0 amide bonds. The van der Waals surface area contributed by atoms with Crippen molar-refractivity contribution in [3.63, 3.8) is 0 Å². The Balaban J connectivity index is 1.28. The topological polar surface area (TPSA) is 85.8 Å². The number of fused-ring (bicyclic) bond motifs is 2. The summed E-state index contributed by atoms with van der Waals surface area (Å²) in [5.41, 5.74) is 4.05. The standard InChI is InChI=1S/C24H22ClFN2O5/c25-19-21-16(27-24(19)33-18-11-32-22-17(29)10-31-23(18)22)9-15(26)20(28-21)14-3-1-12(2-4-14)13-5-7-30-8-6-13/h1-5,9,17-18,22-23,27,29H,6-8,10-11H2/t17-,18-,22-,23-/m1/s1. The number of nitrogens with zero attached hydrogens (tertiary/aromatic N) is 1. The number of benzene rings is 1. The van der Waals surface area contributed by atoms with Crippen molar-refractivity contribution < 1.29 is 28.4 Å². The largest absolute Gasteiger partial charge is 0.469 e. The Bertz CT molecular complexity index is 1230. The predicted octanol–water partition coefficient (Wildman–Crippen LogP) is 3.73. The van der Waals surface area contributed by atoms with E-state index in [2.05, 4.69) is 16.0 Å². The van der Waals surface area contributed by atoms with Gasteiger partial charge in [0.1, 0.15) is 34.5 Å². The van der Waals surface area contributed by atoms with Gasteiger partial charge in [-0.3, -0.25) is 0 Å². The number of halogens is 2. The summed E-state index contributed by atoms with van der Waals surface area (Å²) >= 11 is 6.55. The number of H-pyrrole nitrogens is 1. The first kappa shape index (κ1) is 21.1. The number of pyridine rings is 1. The number of aromatic nitrogens is 2. The molecule has 2 aromatic heterocycles. The number of rotatable bonds is 4. The molecule has 3 aromatic rings. The van der Waals surface area contributed by atoms with Crippen LogP contribution in [0.5, 0.6) is 5.88 Å². The van der Waals surface area contributed by atoms with Crippen LogP contribution in [-0.2, 0) is 14.2 Å². The zero-order valence-electron chi connectivity index (χ0n) is 17.6. The second-order valence-corrected chi connectivity index (χ2v) is 8.81. The van der Waals surface area contributed by atoms with E-state index in [1.807, 2.05) is 24.3 Å². The molecule has 9 heteroatoms. The van der Waals surface area contributed by atoms with Gasteiger partial charge in [0, 0.05) is 11.6 Å². The lowest BCUT2D eigenvalue weighted by Gasteiger charge is -2.16. The van der Waals surface area contributed by atoms with Gasteiger partial charge >= 0.3 is 0 Å². The number of hydrogen-bond acceptors (Lipinski definition) is 6. The van der Waals surface area contributed by atoms with Crippen molar-refractivity contribution in [3.8, 4) is 17.1 Å². The molecule has 33 heavy (non-hydrogen) atoms. The number of aromatic amines is 1. The van der Waals surface area contributed by atoms with Gasteiger partial charge in [-0.1, -0.05) is 41.9 Å². The fraction of sp³-hybridized carbons (Fsp3) is 0.375. The van der Waals surface area contributed by atoms with Crippen LogP contribution in [0, 0.1) is 5.82 Å². The summed E-state index contributed by atoms with van der Waals surface area (Å²) in [4.78, 5) is 7.51. The third-order valence-electron chi connectivity index (χ3n) is 6.37. The summed E-state index contributed by atoms with van der Waals surface area (Å²) in [7, 11) is 0. The normalized spacial score (nSPS) is 27.1. The van der Waals surface area contributed by atoms with E-state index < -0.39 is 24.1 Å². The van der Waals surface area contributed by atoms with E-state index >= 15 is 0 Å². The van der Waals surface area contributed by atoms with Crippen LogP contribution >= 0.6 is 11.6 Å². The highest BCUT2D eigenvalue weighted by molar-refractivity contribution is 6.36. The van der Waals surface area contributed by atoms with Gasteiger partial charge in [-0.25, -0.2) is 9.37 Å². The molecule has 3 aliphatic rings. The van der Waals surface area contributed by atoms with E-state index in [0.29, 0.717) is 29.8 Å². The van der Waals surface area contributed by atoms with Crippen LogP contribution in [0.15, 0.2) is 36.4 Å². The Morgan fingerprint density at radius 1 is 1.12 bits per heavy atom. The second-order valence-electron chi connectivity index (χ2n) is 8.43. The SMILES string of the molecule is O[C@@H]1CO[C@H]2[C@@H]1OC[C@H]2Oc1[nH]c2cc(F)c(-c3ccc(C4=CCOCC4)cc3)nc2c1Cl. The van der Waals surface area contributed by atoms with E-state index in [9.17, 15) is 9.50 Å². The number of aliphatic hydroxyl groups excluding tert-OH is 1. The van der Waals surface area contributed by atoms with Crippen molar-refractivity contribution in [1.29, 1.82) is 0 Å². The molecule has 172 valence electrons. The predicted molar refractivity (Wildman–Crippen MR) is 120 cm³/mol. The van der Waals surface area contributed by atoms with Gasteiger partial charge in [0.05, 0.1) is 31.9 Å². The maximum absolute atomic E-state index is 15.0. The van der Waals surface area contributed by atoms with E-state index in [1.165, 1.54) is 11.6 Å². The van der Waals surface area contributed by atoms with E-state index in [-0.39, 0.29) is 35.9 Å². The van der Waals surface area contributed by atoms with E-state index in [1.54, 1.807) is 0 Å². The molecule has 2 saturated heterocycles. The Labute approximate surface area is 194 Å². The summed E-state index contributed by atoms with van der Waals surface area (Å²) in [5.74, 6) is -0.187. The minimum atomic E-state index is -0.672. The zero-order chi connectivity index (χ0) is 22.5. The van der Waals surface area contributed by atoms with E-state index in [4.69, 9.17) is 30.5 Å². The van der Waals surface area contributed by atoms with Crippen LogP contribution in [0.25, 0.3) is 27.9 Å². The van der Waals surface area contributed by atoms with Crippen molar-refractivity contribution in [1.82, 2.24) is 9.97 Å². The molecule has 1 aromatic carbocycles. The quantitative estimate of drug-likeness (QED) is 0.602. The fourth-order valence-corrected chi connectivity index (χ4v) is 4.88. The zero-order valence-corrected chi connectivity index (χ0v) is 18.3. The van der Waals surface area contributed by atoms with Crippen molar-refractivity contribution in [2.45, 2.75) is 30.8 Å². The summed E-state index contributed by atoms with van der Waals surface area (Å²) in [5, 5.41) is 10.2. The lowest BCUT2D eigenvalue weighted by atomic mass is 9.99. The monoisotopic (exact) mass is 472 g/mol. The molecule has 3 aliphatic heterocycles. The molecular formula is C24H22ClFN2O5. The number of hydrogen-bond donors (Lipinski definition) is 2.